The standard InChI is InChI=1S/C7H8N2O2S2/c1-11-6(10)7(8)9-5-4(13-7)2-3-12-5/h2-3,9H,8H2,1H3. The van der Waals surface area contributed by atoms with Crippen molar-refractivity contribution in [3.05, 3.63) is 11.4 Å². The number of methoxy groups -OCH3 is 1. The zero-order valence-corrected chi connectivity index (χ0v) is 8.50. The molecule has 4 nitrogen and oxygen atoms in total. The number of carbonyl (C=O) groups excluding carboxylic acids is 1. The van der Waals surface area contributed by atoms with Crippen molar-refractivity contribution in [3.8, 4) is 0 Å². The lowest BCUT2D eigenvalue weighted by molar-refractivity contribution is -0.142. The van der Waals surface area contributed by atoms with Crippen LogP contribution in [0.4, 0.5) is 5.00 Å². The minimum Gasteiger partial charge on any atom is -0.466 e. The van der Waals surface area contributed by atoms with E-state index in [0.29, 0.717) is 0 Å². The molecule has 1 atom stereocenters. The highest BCUT2D eigenvalue weighted by atomic mass is 32.2. The summed E-state index contributed by atoms with van der Waals surface area (Å²) in [5, 5.41) is 5.80. The molecule has 0 bridgehead atoms. The van der Waals surface area contributed by atoms with Gasteiger partial charge in [-0.3, -0.25) is 5.73 Å². The second-order valence-corrected chi connectivity index (χ2v) is 4.77. The Morgan fingerprint density at radius 1 is 1.77 bits per heavy atom. The summed E-state index contributed by atoms with van der Waals surface area (Å²) in [5.74, 6) is -0.457. The van der Waals surface area contributed by atoms with E-state index in [-0.39, 0.29) is 0 Å². The summed E-state index contributed by atoms with van der Waals surface area (Å²) in [5.41, 5.74) is 5.79. The van der Waals surface area contributed by atoms with E-state index in [9.17, 15) is 4.79 Å². The second kappa shape index (κ2) is 2.90. The SMILES string of the molecule is COC(=O)C1(N)Nc2sccc2S1. The van der Waals surface area contributed by atoms with Crippen LogP contribution in [0, 0.1) is 0 Å². The molecule has 0 saturated carbocycles. The molecule has 0 aliphatic carbocycles. The highest BCUT2D eigenvalue weighted by Gasteiger charge is 2.43. The molecule has 6 heteroatoms. The Morgan fingerprint density at radius 2 is 2.54 bits per heavy atom. The van der Waals surface area contributed by atoms with Gasteiger partial charge in [-0.1, -0.05) is 11.8 Å². The summed E-state index contributed by atoms with van der Waals surface area (Å²) >= 11 is 2.80. The van der Waals surface area contributed by atoms with Crippen molar-refractivity contribution in [3.63, 3.8) is 0 Å². The van der Waals surface area contributed by atoms with E-state index in [4.69, 9.17) is 5.73 Å². The first-order valence-electron chi connectivity index (χ1n) is 3.58. The number of nitrogens with two attached hydrogens (primary N) is 1. The number of hydrogen-bond acceptors (Lipinski definition) is 6. The van der Waals surface area contributed by atoms with E-state index in [1.165, 1.54) is 30.2 Å². The van der Waals surface area contributed by atoms with E-state index >= 15 is 0 Å². The average molecular weight is 216 g/mol. The van der Waals surface area contributed by atoms with Crippen LogP contribution in [0.25, 0.3) is 0 Å². The van der Waals surface area contributed by atoms with Gasteiger partial charge in [0.05, 0.1) is 7.11 Å². The summed E-state index contributed by atoms with van der Waals surface area (Å²) in [6, 6.07) is 1.93. The molecule has 1 aromatic rings. The molecule has 1 aliphatic heterocycles. The number of esters is 1. The fourth-order valence-corrected chi connectivity index (χ4v) is 3.19. The third-order valence-corrected chi connectivity index (χ3v) is 3.80. The molecule has 2 rings (SSSR count). The minimum absolute atomic E-state index is 0.457. The first kappa shape index (κ1) is 8.86. The first-order chi connectivity index (χ1) is 6.15. The van der Waals surface area contributed by atoms with Crippen molar-refractivity contribution in [2.75, 3.05) is 12.4 Å². The molecule has 1 aromatic heterocycles. The average Bonchev–Trinajstić information content (AvgIpc) is 2.61. The minimum atomic E-state index is -1.14. The van der Waals surface area contributed by atoms with Crippen LogP contribution in [0.1, 0.15) is 0 Å². The monoisotopic (exact) mass is 216 g/mol. The molecule has 0 spiro atoms. The third-order valence-electron chi connectivity index (χ3n) is 1.69. The molecular formula is C7H8N2O2S2. The second-order valence-electron chi connectivity index (χ2n) is 2.57. The molecule has 1 aliphatic rings. The summed E-state index contributed by atoms with van der Waals surface area (Å²) in [6.07, 6.45) is 0. The van der Waals surface area contributed by atoms with Gasteiger partial charge < -0.3 is 10.1 Å². The molecular weight excluding hydrogens is 208 g/mol. The first-order valence-corrected chi connectivity index (χ1v) is 5.27. The van der Waals surface area contributed by atoms with Crippen LogP contribution < -0.4 is 11.1 Å². The van der Waals surface area contributed by atoms with Gasteiger partial charge >= 0.3 is 5.97 Å². The zero-order valence-electron chi connectivity index (χ0n) is 6.87. The number of hydrogen-bond donors (Lipinski definition) is 2. The van der Waals surface area contributed by atoms with Crippen LogP contribution in [0.2, 0.25) is 0 Å². The van der Waals surface area contributed by atoms with Gasteiger partial charge in [0.15, 0.2) is 0 Å². The summed E-state index contributed by atoms with van der Waals surface area (Å²) in [7, 11) is 1.32. The quantitative estimate of drug-likeness (QED) is 0.687. The largest absolute Gasteiger partial charge is 0.466 e. The summed E-state index contributed by atoms with van der Waals surface area (Å²) < 4.78 is 4.60. The number of fused-ring (bicyclic) bond motifs is 1. The molecule has 0 fully saturated rings. The van der Waals surface area contributed by atoms with Gasteiger partial charge in [0, 0.05) is 4.90 Å². The zero-order chi connectivity index (χ0) is 9.47. The Morgan fingerprint density at radius 3 is 3.15 bits per heavy atom. The van der Waals surface area contributed by atoms with Crippen LogP contribution in [-0.2, 0) is 9.53 Å². The number of anilines is 1. The maximum atomic E-state index is 11.3. The lowest BCUT2D eigenvalue weighted by atomic mass is 10.5. The van der Waals surface area contributed by atoms with E-state index in [1.807, 2.05) is 11.4 Å². The van der Waals surface area contributed by atoms with Crippen molar-refractivity contribution in [1.82, 2.24) is 0 Å². The molecule has 1 unspecified atom stereocenters. The Balaban J connectivity index is 2.25. The van der Waals surface area contributed by atoms with Gasteiger partial charge in [-0.2, -0.15) is 0 Å². The maximum Gasteiger partial charge on any atom is 0.358 e. The smallest absolute Gasteiger partial charge is 0.358 e. The van der Waals surface area contributed by atoms with Crippen LogP contribution in [0.15, 0.2) is 16.3 Å². The lowest BCUT2D eigenvalue weighted by Gasteiger charge is -2.19. The lowest BCUT2D eigenvalue weighted by Crippen LogP contribution is -2.50. The number of ether oxygens (including phenoxy) is 1. The highest BCUT2D eigenvalue weighted by molar-refractivity contribution is 8.02. The van der Waals surface area contributed by atoms with E-state index < -0.39 is 11.0 Å². The molecule has 70 valence electrons. The van der Waals surface area contributed by atoms with Crippen LogP contribution in [0.3, 0.4) is 0 Å². The summed E-state index contributed by atoms with van der Waals surface area (Å²) in [6.45, 7) is 0. The normalized spacial score (nSPS) is 25.1. The van der Waals surface area contributed by atoms with Crippen molar-refractivity contribution in [2.24, 2.45) is 5.73 Å². The van der Waals surface area contributed by atoms with E-state index in [0.717, 1.165) is 9.90 Å². The van der Waals surface area contributed by atoms with Crippen LogP contribution >= 0.6 is 23.1 Å². The van der Waals surface area contributed by atoms with Gasteiger partial charge in [0.25, 0.3) is 0 Å². The number of rotatable bonds is 1. The summed E-state index contributed by atoms with van der Waals surface area (Å²) in [4.78, 5) is 11.1. The van der Waals surface area contributed by atoms with Crippen molar-refractivity contribution in [1.29, 1.82) is 0 Å². The van der Waals surface area contributed by atoms with E-state index in [1.54, 1.807) is 0 Å². The predicted octanol–water partition coefficient (Wildman–Crippen LogP) is 1.05. The number of carbonyl (C=O) groups is 1. The Bertz CT molecular complexity index is 330. The predicted molar refractivity (Wildman–Crippen MR) is 52.7 cm³/mol. The number of thiophene rings is 1. The molecule has 13 heavy (non-hydrogen) atoms. The number of nitrogens with one attached hydrogen (secondary N) is 1. The molecule has 0 saturated heterocycles. The highest BCUT2D eigenvalue weighted by Crippen LogP contribution is 2.46. The maximum absolute atomic E-state index is 11.3. The van der Waals surface area contributed by atoms with Gasteiger partial charge in [0.1, 0.15) is 5.00 Å². The van der Waals surface area contributed by atoms with Crippen LogP contribution in [-0.4, -0.2) is 18.1 Å². The topological polar surface area (TPSA) is 64.3 Å². The fourth-order valence-electron chi connectivity index (χ4n) is 1.08. The van der Waals surface area contributed by atoms with E-state index in [2.05, 4.69) is 10.1 Å². The van der Waals surface area contributed by atoms with Crippen molar-refractivity contribution >= 4 is 34.1 Å². The van der Waals surface area contributed by atoms with Gasteiger partial charge in [0.2, 0.25) is 4.99 Å². The van der Waals surface area contributed by atoms with Crippen LogP contribution in [0.5, 0.6) is 0 Å². The molecule has 3 N–H and O–H groups in total. The van der Waals surface area contributed by atoms with Crippen molar-refractivity contribution in [2.45, 2.75) is 9.89 Å². The Labute approximate surface area is 83.4 Å². The molecule has 0 aromatic carbocycles. The molecule has 2 heterocycles. The van der Waals surface area contributed by atoms with Gasteiger partial charge in [-0.15, -0.1) is 11.3 Å². The molecule has 0 amide bonds. The Kier molecular flexibility index (Phi) is 1.98. The number of thioether (sulfide) groups is 1. The third kappa shape index (κ3) is 1.31. The van der Waals surface area contributed by atoms with Crippen molar-refractivity contribution < 1.29 is 9.53 Å². The van der Waals surface area contributed by atoms with Gasteiger partial charge in [-0.25, -0.2) is 4.79 Å². The molecule has 0 radical (unpaired) electrons. The Hall–Kier alpha value is -0.720. The van der Waals surface area contributed by atoms with Gasteiger partial charge in [-0.05, 0) is 11.4 Å². The fraction of sp³-hybridized carbons (Fsp3) is 0.286.